The third-order valence-electron chi connectivity index (χ3n) is 3.63. The van der Waals surface area contributed by atoms with Crippen molar-refractivity contribution in [3.05, 3.63) is 35.9 Å². The number of likely N-dealkylation sites (tertiary alicyclic amines) is 1. The summed E-state index contributed by atoms with van der Waals surface area (Å²) in [5, 5.41) is 0. The van der Waals surface area contributed by atoms with Crippen LogP contribution in [0.15, 0.2) is 30.3 Å². The fourth-order valence-electron chi connectivity index (χ4n) is 2.36. The van der Waals surface area contributed by atoms with Gasteiger partial charge >= 0.3 is 0 Å². The Bertz CT molecular complexity index is 405. The molecule has 1 aliphatic rings. The fraction of sp³-hybridized carbons (Fsp3) is 0.500. The molecule has 0 spiro atoms. The Labute approximate surface area is 108 Å². The maximum atomic E-state index is 12.3. The molecule has 2 N–H and O–H groups in total. The molecule has 2 atom stereocenters. The zero-order chi connectivity index (χ0) is 13.1. The number of likely N-dealkylation sites (N-methyl/N-ethyl adjacent to an activating group) is 1. The molecule has 1 aromatic carbocycles. The lowest BCUT2D eigenvalue weighted by molar-refractivity contribution is -0.131. The first-order chi connectivity index (χ1) is 8.59. The van der Waals surface area contributed by atoms with Crippen LogP contribution < -0.4 is 5.73 Å². The van der Waals surface area contributed by atoms with Gasteiger partial charge < -0.3 is 15.5 Å². The highest BCUT2D eigenvalue weighted by Gasteiger charge is 2.30. The van der Waals surface area contributed by atoms with Crippen LogP contribution in [-0.4, -0.2) is 48.9 Å². The Kier molecular flexibility index (Phi) is 3.99. The first kappa shape index (κ1) is 13.1. The van der Waals surface area contributed by atoms with Crippen LogP contribution in [0, 0.1) is 0 Å². The van der Waals surface area contributed by atoms with Crippen molar-refractivity contribution < 1.29 is 4.79 Å². The zero-order valence-corrected chi connectivity index (χ0v) is 11.0. The molecule has 0 saturated carbocycles. The molecule has 1 unspecified atom stereocenters. The van der Waals surface area contributed by atoms with Crippen molar-refractivity contribution in [1.29, 1.82) is 0 Å². The molecule has 0 aliphatic carbocycles. The standard InChI is InChI=1S/C14H21N3O/c1-16(2)12-8-9-17(10-12)14(18)13(15)11-6-4-3-5-7-11/h3-7,12-13H,8-10,15H2,1-2H3/t12?,13-/m1/s1. The third-order valence-corrected chi connectivity index (χ3v) is 3.63. The minimum Gasteiger partial charge on any atom is -0.339 e. The Morgan fingerprint density at radius 3 is 2.61 bits per heavy atom. The highest BCUT2D eigenvalue weighted by Crippen LogP contribution is 2.19. The van der Waals surface area contributed by atoms with E-state index in [1.54, 1.807) is 0 Å². The topological polar surface area (TPSA) is 49.6 Å². The SMILES string of the molecule is CN(C)C1CCN(C(=O)[C@H](N)c2ccccc2)C1. The summed E-state index contributed by atoms with van der Waals surface area (Å²) < 4.78 is 0. The number of nitrogens with two attached hydrogens (primary N) is 1. The highest BCUT2D eigenvalue weighted by molar-refractivity contribution is 5.83. The summed E-state index contributed by atoms with van der Waals surface area (Å²) in [4.78, 5) is 16.3. The van der Waals surface area contributed by atoms with Gasteiger partial charge in [-0.3, -0.25) is 4.79 Å². The van der Waals surface area contributed by atoms with Gasteiger partial charge in [0.15, 0.2) is 0 Å². The Morgan fingerprint density at radius 2 is 2.06 bits per heavy atom. The largest absolute Gasteiger partial charge is 0.339 e. The molecule has 1 aliphatic heterocycles. The van der Waals surface area contributed by atoms with E-state index >= 15 is 0 Å². The summed E-state index contributed by atoms with van der Waals surface area (Å²) in [6.45, 7) is 1.59. The molecule has 1 saturated heterocycles. The zero-order valence-electron chi connectivity index (χ0n) is 11.0. The lowest BCUT2D eigenvalue weighted by atomic mass is 10.1. The summed E-state index contributed by atoms with van der Waals surface area (Å²) in [5.41, 5.74) is 6.92. The van der Waals surface area contributed by atoms with E-state index in [1.165, 1.54) is 0 Å². The van der Waals surface area contributed by atoms with E-state index in [1.807, 2.05) is 35.2 Å². The van der Waals surface area contributed by atoms with Crippen LogP contribution in [0.2, 0.25) is 0 Å². The summed E-state index contributed by atoms with van der Waals surface area (Å²) >= 11 is 0. The van der Waals surface area contributed by atoms with Gasteiger partial charge in [0, 0.05) is 19.1 Å². The normalized spacial score (nSPS) is 21.3. The van der Waals surface area contributed by atoms with E-state index in [0.29, 0.717) is 6.04 Å². The van der Waals surface area contributed by atoms with E-state index in [4.69, 9.17) is 5.73 Å². The van der Waals surface area contributed by atoms with Crippen LogP contribution in [0.3, 0.4) is 0 Å². The number of carbonyl (C=O) groups is 1. The van der Waals surface area contributed by atoms with Gasteiger partial charge in [0.2, 0.25) is 5.91 Å². The molecule has 2 rings (SSSR count). The Morgan fingerprint density at radius 1 is 1.39 bits per heavy atom. The number of benzene rings is 1. The second kappa shape index (κ2) is 5.50. The fourth-order valence-corrected chi connectivity index (χ4v) is 2.36. The molecule has 0 radical (unpaired) electrons. The van der Waals surface area contributed by atoms with E-state index in [0.717, 1.165) is 25.1 Å². The number of rotatable bonds is 3. The molecular weight excluding hydrogens is 226 g/mol. The van der Waals surface area contributed by atoms with E-state index in [-0.39, 0.29) is 5.91 Å². The summed E-state index contributed by atoms with van der Waals surface area (Å²) in [7, 11) is 4.10. The maximum Gasteiger partial charge on any atom is 0.244 e. The molecule has 4 heteroatoms. The first-order valence-electron chi connectivity index (χ1n) is 6.35. The van der Waals surface area contributed by atoms with Crippen molar-refractivity contribution in [2.45, 2.75) is 18.5 Å². The number of hydrogen-bond acceptors (Lipinski definition) is 3. The number of carbonyl (C=O) groups excluding carboxylic acids is 1. The van der Waals surface area contributed by atoms with E-state index in [9.17, 15) is 4.79 Å². The van der Waals surface area contributed by atoms with E-state index in [2.05, 4.69) is 19.0 Å². The van der Waals surface area contributed by atoms with Crippen molar-refractivity contribution >= 4 is 5.91 Å². The van der Waals surface area contributed by atoms with Crippen molar-refractivity contribution in [1.82, 2.24) is 9.80 Å². The number of hydrogen-bond donors (Lipinski definition) is 1. The van der Waals surface area contributed by atoms with Crippen molar-refractivity contribution in [3.8, 4) is 0 Å². The highest BCUT2D eigenvalue weighted by atomic mass is 16.2. The molecule has 1 aromatic rings. The molecular formula is C14H21N3O. The van der Waals surface area contributed by atoms with Crippen molar-refractivity contribution in [2.75, 3.05) is 27.2 Å². The smallest absolute Gasteiger partial charge is 0.244 e. The Hall–Kier alpha value is -1.39. The van der Waals surface area contributed by atoms with Gasteiger partial charge in [0.05, 0.1) is 0 Å². The predicted octanol–water partition coefficient (Wildman–Crippen LogP) is 0.849. The van der Waals surface area contributed by atoms with Gasteiger partial charge in [0.25, 0.3) is 0 Å². The van der Waals surface area contributed by atoms with Crippen LogP contribution in [0.4, 0.5) is 0 Å². The number of nitrogens with zero attached hydrogens (tertiary/aromatic N) is 2. The average Bonchev–Trinajstić information content (AvgIpc) is 2.88. The van der Waals surface area contributed by atoms with Crippen LogP contribution >= 0.6 is 0 Å². The molecule has 18 heavy (non-hydrogen) atoms. The minimum atomic E-state index is -0.535. The number of amides is 1. The second-order valence-corrected chi connectivity index (χ2v) is 5.08. The van der Waals surface area contributed by atoms with Crippen molar-refractivity contribution in [2.24, 2.45) is 5.73 Å². The van der Waals surface area contributed by atoms with E-state index < -0.39 is 6.04 Å². The Balaban J connectivity index is 2.00. The summed E-state index contributed by atoms with van der Waals surface area (Å²) in [6, 6.07) is 9.48. The predicted molar refractivity (Wildman–Crippen MR) is 72.0 cm³/mol. The molecule has 1 heterocycles. The van der Waals surface area contributed by atoms with Gasteiger partial charge in [-0.1, -0.05) is 30.3 Å². The molecule has 4 nitrogen and oxygen atoms in total. The monoisotopic (exact) mass is 247 g/mol. The maximum absolute atomic E-state index is 12.3. The molecule has 0 bridgehead atoms. The van der Waals surface area contributed by atoms with Crippen molar-refractivity contribution in [3.63, 3.8) is 0 Å². The van der Waals surface area contributed by atoms with Gasteiger partial charge in [-0.15, -0.1) is 0 Å². The van der Waals surface area contributed by atoms with Crippen LogP contribution in [0.5, 0.6) is 0 Å². The third kappa shape index (κ3) is 2.71. The molecule has 1 amide bonds. The first-order valence-corrected chi connectivity index (χ1v) is 6.35. The second-order valence-electron chi connectivity index (χ2n) is 5.08. The quantitative estimate of drug-likeness (QED) is 0.861. The van der Waals surface area contributed by atoms with Crippen LogP contribution in [0.1, 0.15) is 18.0 Å². The van der Waals surface area contributed by atoms with Gasteiger partial charge in [-0.25, -0.2) is 0 Å². The average molecular weight is 247 g/mol. The summed E-state index contributed by atoms with van der Waals surface area (Å²) in [5.74, 6) is 0.0329. The minimum absolute atomic E-state index is 0.0329. The molecule has 98 valence electrons. The van der Waals surface area contributed by atoms with Crippen LogP contribution in [-0.2, 0) is 4.79 Å². The van der Waals surface area contributed by atoms with Gasteiger partial charge in [-0.05, 0) is 26.1 Å². The lowest BCUT2D eigenvalue weighted by Gasteiger charge is -2.23. The molecule has 0 aromatic heterocycles. The van der Waals surface area contributed by atoms with Gasteiger partial charge in [-0.2, -0.15) is 0 Å². The summed E-state index contributed by atoms with van der Waals surface area (Å²) in [6.07, 6.45) is 1.03. The van der Waals surface area contributed by atoms with Crippen LogP contribution in [0.25, 0.3) is 0 Å². The lowest BCUT2D eigenvalue weighted by Crippen LogP contribution is -2.39. The molecule has 1 fully saturated rings. The van der Waals surface area contributed by atoms with Gasteiger partial charge in [0.1, 0.15) is 6.04 Å².